The average Bonchev–Trinajstić information content (AvgIpc) is 3.07. The number of aryl methyl sites for hydroxylation is 1. The van der Waals surface area contributed by atoms with Gasteiger partial charge in [-0.1, -0.05) is 58.9 Å². The molecule has 0 atom stereocenters. The van der Waals surface area contributed by atoms with Gasteiger partial charge in [0.15, 0.2) is 11.5 Å². The molecule has 0 bridgehead atoms. The molecule has 0 unspecified atom stereocenters. The molecule has 1 aliphatic rings. The Labute approximate surface area is 148 Å². The molecule has 0 aliphatic heterocycles. The first kappa shape index (κ1) is 14.5. The van der Waals surface area contributed by atoms with Gasteiger partial charge in [-0.2, -0.15) is 0 Å². The van der Waals surface area contributed by atoms with E-state index in [1.165, 1.54) is 5.56 Å². The molecule has 4 aromatic rings. The van der Waals surface area contributed by atoms with Crippen molar-refractivity contribution in [2.45, 2.75) is 16.7 Å². The number of hydrogen-bond acceptors (Lipinski definition) is 4. The van der Waals surface area contributed by atoms with Gasteiger partial charge >= 0.3 is 0 Å². The molecule has 0 spiro atoms. The van der Waals surface area contributed by atoms with Crippen molar-refractivity contribution < 1.29 is 9.32 Å². The number of carbonyl (C=O) groups excluding carboxylic acids is 1. The summed E-state index contributed by atoms with van der Waals surface area (Å²) in [7, 11) is 0. The summed E-state index contributed by atoms with van der Waals surface area (Å²) in [5, 5.41) is 4.97. The maximum absolute atomic E-state index is 13.2. The second-order valence-corrected chi connectivity index (χ2v) is 7.25. The molecule has 1 aromatic heterocycles. The Bertz CT molecular complexity index is 1140. The van der Waals surface area contributed by atoms with Gasteiger partial charge in [-0.25, -0.2) is 0 Å². The van der Waals surface area contributed by atoms with Crippen molar-refractivity contribution >= 4 is 28.4 Å². The monoisotopic (exact) mass is 343 g/mol. The van der Waals surface area contributed by atoms with Crippen LogP contribution in [-0.4, -0.2) is 10.9 Å². The third-order valence-corrected chi connectivity index (χ3v) is 5.57. The summed E-state index contributed by atoms with van der Waals surface area (Å²) >= 11 is 1.60. The fourth-order valence-electron chi connectivity index (χ4n) is 3.26. The van der Waals surface area contributed by atoms with Crippen LogP contribution in [0.5, 0.6) is 0 Å². The van der Waals surface area contributed by atoms with E-state index in [-0.39, 0.29) is 5.78 Å². The largest absolute Gasteiger partial charge is 0.355 e. The first-order valence-electron chi connectivity index (χ1n) is 8.03. The summed E-state index contributed by atoms with van der Waals surface area (Å²) in [5.41, 5.74) is 4.12. The molecule has 25 heavy (non-hydrogen) atoms. The molecule has 0 N–H and O–H groups in total. The summed E-state index contributed by atoms with van der Waals surface area (Å²) < 4.78 is 5.58. The van der Waals surface area contributed by atoms with Crippen molar-refractivity contribution in [3.05, 3.63) is 77.4 Å². The van der Waals surface area contributed by atoms with Gasteiger partial charge in [-0.05, 0) is 31.2 Å². The SMILES string of the molecule is Cc1ccc(Sc2ccc3noc4c3c2C(=O)c2ccccc2-4)cc1. The number of hydrogen-bond donors (Lipinski definition) is 0. The lowest BCUT2D eigenvalue weighted by molar-refractivity contribution is 0.103. The third kappa shape index (κ3) is 2.14. The average molecular weight is 343 g/mol. The molecule has 5 rings (SSSR count). The van der Waals surface area contributed by atoms with Crippen molar-refractivity contribution in [3.63, 3.8) is 0 Å². The first-order valence-corrected chi connectivity index (χ1v) is 8.85. The van der Waals surface area contributed by atoms with Crippen LogP contribution < -0.4 is 0 Å². The molecule has 4 heteroatoms. The Kier molecular flexibility index (Phi) is 3.09. The van der Waals surface area contributed by atoms with Crippen molar-refractivity contribution in [2.24, 2.45) is 0 Å². The minimum Gasteiger partial charge on any atom is -0.355 e. The Balaban J connectivity index is 1.75. The Morgan fingerprint density at radius 3 is 2.48 bits per heavy atom. The summed E-state index contributed by atoms with van der Waals surface area (Å²) in [5.74, 6) is 0.720. The van der Waals surface area contributed by atoms with E-state index < -0.39 is 0 Å². The van der Waals surface area contributed by atoms with E-state index in [1.54, 1.807) is 11.8 Å². The van der Waals surface area contributed by atoms with Gasteiger partial charge in [0.05, 0.1) is 5.39 Å². The summed E-state index contributed by atoms with van der Waals surface area (Å²) in [4.78, 5) is 15.2. The molecule has 0 saturated carbocycles. The fourth-order valence-corrected chi connectivity index (χ4v) is 4.22. The van der Waals surface area contributed by atoms with Gasteiger partial charge in [-0.3, -0.25) is 4.79 Å². The number of rotatable bonds is 2. The quantitative estimate of drug-likeness (QED) is 0.424. The predicted octanol–water partition coefficient (Wildman–Crippen LogP) is 5.50. The van der Waals surface area contributed by atoms with Crippen LogP contribution in [0.1, 0.15) is 21.5 Å². The number of benzene rings is 3. The molecular weight excluding hydrogens is 330 g/mol. The van der Waals surface area contributed by atoms with Crippen molar-refractivity contribution in [1.82, 2.24) is 5.16 Å². The lowest BCUT2D eigenvalue weighted by atomic mass is 9.88. The van der Waals surface area contributed by atoms with Gasteiger partial charge in [-0.15, -0.1) is 0 Å². The standard InChI is InChI=1S/C21H13NO2S/c1-12-6-8-13(9-7-12)25-17-11-10-16-18-19(17)20(23)14-4-2-3-5-15(14)21(18)24-22-16/h2-11H,1H3. The van der Waals surface area contributed by atoms with Crippen LogP contribution in [0.3, 0.4) is 0 Å². The Morgan fingerprint density at radius 2 is 1.68 bits per heavy atom. The van der Waals surface area contributed by atoms with E-state index in [1.807, 2.05) is 36.4 Å². The highest BCUT2D eigenvalue weighted by molar-refractivity contribution is 7.99. The van der Waals surface area contributed by atoms with Crippen molar-refractivity contribution in [2.75, 3.05) is 0 Å². The number of fused-ring (bicyclic) bond motifs is 2. The number of aromatic nitrogens is 1. The second kappa shape index (κ2) is 5.33. The molecule has 0 amide bonds. The topological polar surface area (TPSA) is 43.1 Å². The molecular formula is C21H13NO2S. The van der Waals surface area contributed by atoms with Crippen LogP contribution in [0.4, 0.5) is 0 Å². The van der Waals surface area contributed by atoms with Crippen LogP contribution in [-0.2, 0) is 0 Å². The maximum Gasteiger partial charge on any atom is 0.195 e. The fraction of sp³-hybridized carbons (Fsp3) is 0.0476. The van der Waals surface area contributed by atoms with E-state index in [0.717, 1.165) is 26.3 Å². The maximum atomic E-state index is 13.2. The predicted molar refractivity (Wildman–Crippen MR) is 98.2 cm³/mol. The van der Waals surface area contributed by atoms with Gasteiger partial charge in [0.25, 0.3) is 0 Å². The molecule has 1 heterocycles. The first-order chi connectivity index (χ1) is 12.2. The highest BCUT2D eigenvalue weighted by Gasteiger charge is 2.31. The minimum absolute atomic E-state index is 0.0338. The van der Waals surface area contributed by atoms with Crippen LogP contribution in [0.15, 0.2) is 75.0 Å². The van der Waals surface area contributed by atoms with Crippen LogP contribution >= 0.6 is 11.8 Å². The number of ketones is 1. The van der Waals surface area contributed by atoms with Gasteiger partial charge < -0.3 is 4.52 Å². The summed E-state index contributed by atoms with van der Waals surface area (Å²) in [6.07, 6.45) is 0. The zero-order valence-electron chi connectivity index (χ0n) is 13.4. The Morgan fingerprint density at radius 1 is 0.920 bits per heavy atom. The lowest BCUT2D eigenvalue weighted by Crippen LogP contribution is -2.10. The van der Waals surface area contributed by atoms with E-state index >= 15 is 0 Å². The Hall–Kier alpha value is -2.85. The van der Waals surface area contributed by atoms with Gasteiger partial charge in [0.1, 0.15) is 5.52 Å². The summed E-state index contributed by atoms with van der Waals surface area (Å²) in [6.45, 7) is 2.06. The number of carbonyl (C=O) groups is 1. The third-order valence-electron chi connectivity index (χ3n) is 4.50. The zero-order valence-corrected chi connectivity index (χ0v) is 14.3. The minimum atomic E-state index is 0.0338. The van der Waals surface area contributed by atoms with Crippen LogP contribution in [0.2, 0.25) is 0 Å². The van der Waals surface area contributed by atoms with E-state index in [4.69, 9.17) is 4.52 Å². The van der Waals surface area contributed by atoms with E-state index in [2.05, 4.69) is 36.3 Å². The molecule has 0 radical (unpaired) electrons. The lowest BCUT2D eigenvalue weighted by Gasteiger charge is -2.16. The van der Waals surface area contributed by atoms with E-state index in [0.29, 0.717) is 16.9 Å². The number of nitrogens with zero attached hydrogens (tertiary/aromatic N) is 1. The molecule has 120 valence electrons. The molecule has 3 aromatic carbocycles. The van der Waals surface area contributed by atoms with Crippen molar-refractivity contribution in [1.29, 1.82) is 0 Å². The zero-order chi connectivity index (χ0) is 17.0. The molecule has 0 fully saturated rings. The second-order valence-electron chi connectivity index (χ2n) is 6.13. The highest BCUT2D eigenvalue weighted by atomic mass is 32.2. The molecule has 1 aliphatic carbocycles. The normalized spacial score (nSPS) is 12.4. The van der Waals surface area contributed by atoms with Gasteiger partial charge in [0, 0.05) is 26.5 Å². The van der Waals surface area contributed by atoms with Crippen LogP contribution in [0.25, 0.3) is 22.2 Å². The summed E-state index contributed by atoms with van der Waals surface area (Å²) in [6, 6.07) is 19.7. The van der Waals surface area contributed by atoms with E-state index in [9.17, 15) is 4.79 Å². The van der Waals surface area contributed by atoms with Crippen LogP contribution in [0, 0.1) is 6.92 Å². The van der Waals surface area contributed by atoms with Gasteiger partial charge in [0.2, 0.25) is 0 Å². The smallest absolute Gasteiger partial charge is 0.195 e. The molecule has 0 saturated heterocycles. The molecule has 3 nitrogen and oxygen atoms in total. The van der Waals surface area contributed by atoms with Crippen molar-refractivity contribution in [3.8, 4) is 11.3 Å². The highest BCUT2D eigenvalue weighted by Crippen LogP contribution is 2.44.